The first-order valence-electron chi connectivity index (χ1n) is 5.90. The summed E-state index contributed by atoms with van der Waals surface area (Å²) >= 11 is 1.43. The SMILES string of the molecule is Cc1nc(SCc2cccc(F)c2)n(C)c(=O)c1C. The van der Waals surface area contributed by atoms with Crippen LogP contribution in [0, 0.1) is 19.7 Å². The van der Waals surface area contributed by atoms with Crippen LogP contribution in [-0.2, 0) is 12.8 Å². The van der Waals surface area contributed by atoms with Gasteiger partial charge in [0.2, 0.25) is 0 Å². The van der Waals surface area contributed by atoms with Gasteiger partial charge in [0.25, 0.3) is 5.56 Å². The van der Waals surface area contributed by atoms with Crippen LogP contribution in [-0.4, -0.2) is 9.55 Å². The van der Waals surface area contributed by atoms with Crippen LogP contribution in [0.2, 0.25) is 0 Å². The van der Waals surface area contributed by atoms with E-state index in [9.17, 15) is 9.18 Å². The summed E-state index contributed by atoms with van der Waals surface area (Å²) in [6, 6.07) is 6.44. The Bertz CT molecular complexity index is 667. The van der Waals surface area contributed by atoms with Crippen molar-refractivity contribution in [2.45, 2.75) is 24.8 Å². The van der Waals surface area contributed by atoms with Crippen LogP contribution >= 0.6 is 11.8 Å². The lowest BCUT2D eigenvalue weighted by molar-refractivity contribution is 0.626. The van der Waals surface area contributed by atoms with E-state index < -0.39 is 0 Å². The Morgan fingerprint density at radius 3 is 2.79 bits per heavy atom. The highest BCUT2D eigenvalue weighted by molar-refractivity contribution is 7.98. The van der Waals surface area contributed by atoms with E-state index in [-0.39, 0.29) is 11.4 Å². The first-order valence-corrected chi connectivity index (χ1v) is 6.89. The van der Waals surface area contributed by atoms with Crippen molar-refractivity contribution in [3.8, 4) is 0 Å². The fourth-order valence-electron chi connectivity index (χ4n) is 1.70. The van der Waals surface area contributed by atoms with Crippen LogP contribution in [0.15, 0.2) is 34.2 Å². The van der Waals surface area contributed by atoms with E-state index in [1.807, 2.05) is 13.0 Å². The summed E-state index contributed by atoms with van der Waals surface area (Å²) in [4.78, 5) is 16.3. The molecule has 0 saturated heterocycles. The van der Waals surface area contributed by atoms with Gasteiger partial charge in [0, 0.05) is 24.1 Å². The molecule has 0 spiro atoms. The van der Waals surface area contributed by atoms with E-state index in [1.54, 1.807) is 20.0 Å². The molecule has 2 aromatic rings. The van der Waals surface area contributed by atoms with E-state index in [4.69, 9.17) is 0 Å². The van der Waals surface area contributed by atoms with Gasteiger partial charge in [-0.05, 0) is 31.5 Å². The van der Waals surface area contributed by atoms with Crippen LogP contribution in [0.3, 0.4) is 0 Å². The summed E-state index contributed by atoms with van der Waals surface area (Å²) in [5.74, 6) is 0.334. The van der Waals surface area contributed by atoms with Crippen molar-refractivity contribution >= 4 is 11.8 Å². The summed E-state index contributed by atoms with van der Waals surface area (Å²) in [5.41, 5.74) is 2.24. The maximum Gasteiger partial charge on any atom is 0.257 e. The van der Waals surface area contributed by atoms with E-state index in [0.717, 1.165) is 11.3 Å². The average molecular weight is 278 g/mol. The van der Waals surface area contributed by atoms with Gasteiger partial charge in [0.05, 0.1) is 0 Å². The normalized spacial score (nSPS) is 10.7. The minimum Gasteiger partial charge on any atom is -0.291 e. The second kappa shape index (κ2) is 5.57. The van der Waals surface area contributed by atoms with E-state index in [2.05, 4.69) is 4.98 Å². The monoisotopic (exact) mass is 278 g/mol. The van der Waals surface area contributed by atoms with Gasteiger partial charge in [-0.15, -0.1) is 0 Å². The van der Waals surface area contributed by atoms with Crippen LogP contribution in [0.25, 0.3) is 0 Å². The zero-order valence-corrected chi connectivity index (χ0v) is 11.9. The van der Waals surface area contributed by atoms with Gasteiger partial charge in [-0.25, -0.2) is 9.37 Å². The molecule has 1 heterocycles. The minimum absolute atomic E-state index is 0.0331. The molecule has 100 valence electrons. The molecule has 0 aliphatic heterocycles. The number of nitrogens with zero attached hydrogens (tertiary/aromatic N) is 2. The lowest BCUT2D eigenvalue weighted by Gasteiger charge is -2.09. The molecule has 0 saturated carbocycles. The Balaban J connectivity index is 2.23. The smallest absolute Gasteiger partial charge is 0.257 e. The fraction of sp³-hybridized carbons (Fsp3) is 0.286. The van der Waals surface area contributed by atoms with Gasteiger partial charge in [-0.3, -0.25) is 9.36 Å². The number of thioether (sulfide) groups is 1. The first kappa shape index (κ1) is 13.8. The highest BCUT2D eigenvalue weighted by Crippen LogP contribution is 2.20. The molecule has 1 aromatic heterocycles. The van der Waals surface area contributed by atoms with Gasteiger partial charge in [-0.1, -0.05) is 23.9 Å². The quantitative estimate of drug-likeness (QED) is 0.639. The molecule has 0 unspecified atom stereocenters. The molecule has 0 aliphatic carbocycles. The summed E-state index contributed by atoms with van der Waals surface area (Å²) in [5, 5.41) is 0.650. The molecule has 3 nitrogen and oxygen atoms in total. The molecular weight excluding hydrogens is 263 g/mol. The predicted molar refractivity (Wildman–Crippen MR) is 74.9 cm³/mol. The molecule has 0 bridgehead atoms. The molecule has 0 amide bonds. The molecule has 19 heavy (non-hydrogen) atoms. The summed E-state index contributed by atoms with van der Waals surface area (Å²) < 4.78 is 14.6. The largest absolute Gasteiger partial charge is 0.291 e. The number of halogens is 1. The van der Waals surface area contributed by atoms with Gasteiger partial charge >= 0.3 is 0 Å². The van der Waals surface area contributed by atoms with Gasteiger partial charge in [0.1, 0.15) is 5.82 Å². The lowest BCUT2D eigenvalue weighted by atomic mass is 10.2. The molecule has 0 N–H and O–H groups in total. The topological polar surface area (TPSA) is 34.9 Å². The van der Waals surface area contributed by atoms with Crippen LogP contribution < -0.4 is 5.56 Å². The number of rotatable bonds is 3. The highest BCUT2D eigenvalue weighted by Gasteiger charge is 2.09. The van der Waals surface area contributed by atoms with Gasteiger partial charge in [-0.2, -0.15) is 0 Å². The van der Waals surface area contributed by atoms with E-state index in [1.165, 1.54) is 28.5 Å². The van der Waals surface area contributed by atoms with Crippen molar-refractivity contribution in [3.05, 3.63) is 57.3 Å². The zero-order chi connectivity index (χ0) is 14.0. The molecule has 0 radical (unpaired) electrons. The second-order valence-electron chi connectivity index (χ2n) is 4.39. The van der Waals surface area contributed by atoms with Crippen molar-refractivity contribution in [2.75, 3.05) is 0 Å². The standard InChI is InChI=1S/C14H15FN2OS/c1-9-10(2)16-14(17(3)13(9)18)19-8-11-5-4-6-12(15)7-11/h4-7H,8H2,1-3H3. The van der Waals surface area contributed by atoms with Crippen LogP contribution in [0.5, 0.6) is 0 Å². The van der Waals surface area contributed by atoms with E-state index >= 15 is 0 Å². The third-order valence-electron chi connectivity index (χ3n) is 2.98. The minimum atomic E-state index is -0.250. The zero-order valence-electron chi connectivity index (χ0n) is 11.1. The predicted octanol–water partition coefficient (Wildman–Crippen LogP) is 2.83. The van der Waals surface area contributed by atoms with Crippen molar-refractivity contribution in [1.82, 2.24) is 9.55 Å². The van der Waals surface area contributed by atoms with Crippen molar-refractivity contribution in [2.24, 2.45) is 7.05 Å². The number of aryl methyl sites for hydroxylation is 1. The Morgan fingerprint density at radius 1 is 1.37 bits per heavy atom. The number of hydrogen-bond donors (Lipinski definition) is 0. The van der Waals surface area contributed by atoms with Crippen LogP contribution in [0.4, 0.5) is 4.39 Å². The molecule has 1 aromatic carbocycles. The lowest BCUT2D eigenvalue weighted by Crippen LogP contribution is -2.23. The first-order chi connectivity index (χ1) is 8.99. The van der Waals surface area contributed by atoms with Crippen molar-refractivity contribution in [1.29, 1.82) is 0 Å². The van der Waals surface area contributed by atoms with Gasteiger partial charge < -0.3 is 0 Å². The molecule has 5 heteroatoms. The Kier molecular flexibility index (Phi) is 4.04. The summed E-state index contributed by atoms with van der Waals surface area (Å²) in [7, 11) is 1.70. The second-order valence-corrected chi connectivity index (χ2v) is 5.33. The Hall–Kier alpha value is -1.62. The average Bonchev–Trinajstić information content (AvgIpc) is 2.39. The number of hydrogen-bond acceptors (Lipinski definition) is 3. The molecule has 0 fully saturated rings. The number of aromatic nitrogens is 2. The third-order valence-corrected chi connectivity index (χ3v) is 4.08. The summed E-state index contributed by atoms with van der Waals surface area (Å²) in [6.07, 6.45) is 0. The Morgan fingerprint density at radius 2 is 2.11 bits per heavy atom. The van der Waals surface area contributed by atoms with E-state index in [0.29, 0.717) is 16.5 Å². The summed E-state index contributed by atoms with van der Waals surface area (Å²) in [6.45, 7) is 3.59. The maximum atomic E-state index is 13.1. The molecule has 0 atom stereocenters. The molecule has 2 rings (SSSR count). The number of benzene rings is 1. The van der Waals surface area contributed by atoms with Crippen molar-refractivity contribution < 1.29 is 4.39 Å². The fourth-order valence-corrected chi connectivity index (χ4v) is 2.65. The molecule has 0 aliphatic rings. The Labute approximate surface area is 115 Å². The van der Waals surface area contributed by atoms with Gasteiger partial charge in [0.15, 0.2) is 5.16 Å². The highest BCUT2D eigenvalue weighted by atomic mass is 32.2. The third kappa shape index (κ3) is 3.04. The van der Waals surface area contributed by atoms with Crippen molar-refractivity contribution in [3.63, 3.8) is 0 Å². The molecular formula is C14H15FN2OS. The maximum absolute atomic E-state index is 13.1. The van der Waals surface area contributed by atoms with Crippen LogP contribution in [0.1, 0.15) is 16.8 Å².